The summed E-state index contributed by atoms with van der Waals surface area (Å²) in [6.07, 6.45) is 1.56. The van der Waals surface area contributed by atoms with E-state index in [0.717, 1.165) is 21.4 Å². The van der Waals surface area contributed by atoms with Gasteiger partial charge in [0.1, 0.15) is 5.75 Å². The topological polar surface area (TPSA) is 46.3 Å². The van der Waals surface area contributed by atoms with Crippen LogP contribution in [0.5, 0.6) is 5.75 Å². The molecule has 0 aromatic heterocycles. The molecule has 1 rings (SSSR count). The highest BCUT2D eigenvalue weighted by atomic mass is 16.5. The Hall–Kier alpha value is -1.51. The summed E-state index contributed by atoms with van der Waals surface area (Å²) < 4.78 is 0.929. The van der Waals surface area contributed by atoms with E-state index < -0.39 is 5.54 Å². The second-order valence-corrected chi connectivity index (χ2v) is 5.13. The molecule has 3 nitrogen and oxygen atoms in total. The molecule has 1 N–H and O–H groups in total. The van der Waals surface area contributed by atoms with Crippen molar-refractivity contribution in [2.75, 3.05) is 0 Å². The van der Waals surface area contributed by atoms with Crippen molar-refractivity contribution >= 4 is 6.21 Å². The Kier molecular flexibility index (Phi) is 3.27. The summed E-state index contributed by atoms with van der Waals surface area (Å²) >= 11 is 0. The molecular weight excluding hydrogens is 202 g/mol. The Morgan fingerprint density at radius 3 is 2.00 bits per heavy atom. The number of aryl methyl sites for hydroxylation is 2. The van der Waals surface area contributed by atoms with Crippen LogP contribution >= 0.6 is 0 Å². The van der Waals surface area contributed by atoms with Gasteiger partial charge in [-0.25, -0.2) is 4.74 Å². The third kappa shape index (κ3) is 2.75. The number of phenolic OH excluding ortho intramolecular Hbond substituents is 1. The molecular formula is C13H19NO2. The lowest BCUT2D eigenvalue weighted by atomic mass is 10.1. The molecule has 0 radical (unpaired) electrons. The molecule has 0 aliphatic carbocycles. The third-order valence-corrected chi connectivity index (χ3v) is 2.44. The van der Waals surface area contributed by atoms with E-state index in [9.17, 15) is 10.3 Å². The van der Waals surface area contributed by atoms with Gasteiger partial charge in [0, 0.05) is 26.3 Å². The third-order valence-electron chi connectivity index (χ3n) is 2.44. The number of nitrogens with zero attached hydrogens (tertiary/aromatic N) is 1. The van der Waals surface area contributed by atoms with E-state index in [2.05, 4.69) is 0 Å². The van der Waals surface area contributed by atoms with Crippen molar-refractivity contribution in [3.8, 4) is 5.75 Å². The lowest BCUT2D eigenvalue weighted by molar-refractivity contribution is -0.530. The fourth-order valence-electron chi connectivity index (χ4n) is 1.39. The zero-order chi connectivity index (χ0) is 12.5. The van der Waals surface area contributed by atoms with Crippen LogP contribution in [0.2, 0.25) is 0 Å². The van der Waals surface area contributed by atoms with Crippen LogP contribution in [0.3, 0.4) is 0 Å². The maximum atomic E-state index is 11.7. The molecule has 0 saturated heterocycles. The summed E-state index contributed by atoms with van der Waals surface area (Å²) in [5, 5.41) is 21.4. The number of hydrogen-bond donors (Lipinski definition) is 1. The van der Waals surface area contributed by atoms with E-state index in [4.69, 9.17) is 0 Å². The molecule has 0 saturated carbocycles. The smallest absolute Gasteiger partial charge is 0.182 e. The maximum Gasteiger partial charge on any atom is 0.182 e. The molecule has 16 heavy (non-hydrogen) atoms. The molecule has 1 aromatic rings. The Balaban J connectivity index is 3.17. The minimum absolute atomic E-state index is 0.297. The Morgan fingerprint density at radius 1 is 1.19 bits per heavy atom. The summed E-state index contributed by atoms with van der Waals surface area (Å²) in [4.78, 5) is 0. The molecule has 0 atom stereocenters. The number of benzene rings is 1. The first kappa shape index (κ1) is 12.6. The predicted octanol–water partition coefficient (Wildman–Crippen LogP) is 2.74. The molecule has 1 aromatic carbocycles. The van der Waals surface area contributed by atoms with Crippen molar-refractivity contribution in [3.05, 3.63) is 34.0 Å². The Labute approximate surface area is 96.6 Å². The van der Waals surface area contributed by atoms with E-state index in [1.807, 2.05) is 34.6 Å². The van der Waals surface area contributed by atoms with Crippen molar-refractivity contribution in [2.24, 2.45) is 0 Å². The normalized spacial score (nSPS) is 12.9. The Morgan fingerprint density at radius 2 is 1.62 bits per heavy atom. The van der Waals surface area contributed by atoms with Crippen molar-refractivity contribution < 1.29 is 9.85 Å². The van der Waals surface area contributed by atoms with Crippen LogP contribution in [0.4, 0.5) is 0 Å². The first-order chi connectivity index (χ1) is 7.21. The van der Waals surface area contributed by atoms with Gasteiger partial charge in [-0.1, -0.05) is 0 Å². The minimum Gasteiger partial charge on any atom is -0.623 e. The molecule has 0 fully saturated rings. The van der Waals surface area contributed by atoms with Gasteiger partial charge in [0.15, 0.2) is 11.8 Å². The maximum absolute atomic E-state index is 11.7. The van der Waals surface area contributed by atoms with Gasteiger partial charge in [-0.3, -0.25) is 0 Å². The quantitative estimate of drug-likeness (QED) is 0.343. The van der Waals surface area contributed by atoms with Crippen LogP contribution in [-0.2, 0) is 0 Å². The highest BCUT2D eigenvalue weighted by Gasteiger charge is 2.18. The van der Waals surface area contributed by atoms with Gasteiger partial charge in [-0.05, 0) is 37.1 Å². The van der Waals surface area contributed by atoms with Crippen molar-refractivity contribution in [3.63, 3.8) is 0 Å². The van der Waals surface area contributed by atoms with Crippen LogP contribution in [0.1, 0.15) is 37.5 Å². The molecule has 0 aliphatic heterocycles. The number of aromatic hydroxyl groups is 1. The highest BCUT2D eigenvalue weighted by molar-refractivity contribution is 5.77. The number of phenols is 1. The molecule has 88 valence electrons. The number of rotatable bonds is 1. The van der Waals surface area contributed by atoms with Crippen molar-refractivity contribution in [2.45, 2.75) is 40.2 Å². The van der Waals surface area contributed by atoms with Gasteiger partial charge in [0.2, 0.25) is 0 Å². The van der Waals surface area contributed by atoms with Crippen molar-refractivity contribution in [1.82, 2.24) is 0 Å². The van der Waals surface area contributed by atoms with Crippen LogP contribution in [0.25, 0.3) is 0 Å². The van der Waals surface area contributed by atoms with Gasteiger partial charge in [-0.15, -0.1) is 0 Å². The van der Waals surface area contributed by atoms with Crippen LogP contribution < -0.4 is 0 Å². The van der Waals surface area contributed by atoms with Gasteiger partial charge in [0.25, 0.3) is 0 Å². The summed E-state index contributed by atoms with van der Waals surface area (Å²) in [7, 11) is 0. The average molecular weight is 221 g/mol. The molecule has 0 unspecified atom stereocenters. The molecule has 0 bridgehead atoms. The summed E-state index contributed by atoms with van der Waals surface area (Å²) in [6.45, 7) is 9.22. The average Bonchev–Trinajstić information content (AvgIpc) is 2.12. The second-order valence-electron chi connectivity index (χ2n) is 5.13. The second kappa shape index (κ2) is 4.16. The zero-order valence-corrected chi connectivity index (χ0v) is 10.5. The number of hydrogen-bond acceptors (Lipinski definition) is 2. The van der Waals surface area contributed by atoms with E-state index in [0.29, 0.717) is 5.75 Å². The monoisotopic (exact) mass is 221 g/mol. The summed E-state index contributed by atoms with van der Waals surface area (Å²) in [5.41, 5.74) is 1.94. The lowest BCUT2D eigenvalue weighted by Crippen LogP contribution is -2.29. The first-order valence-corrected chi connectivity index (χ1v) is 5.33. The van der Waals surface area contributed by atoms with E-state index in [1.165, 1.54) is 0 Å². The van der Waals surface area contributed by atoms with Gasteiger partial charge in [0.05, 0.1) is 0 Å². The van der Waals surface area contributed by atoms with Crippen molar-refractivity contribution in [1.29, 1.82) is 0 Å². The first-order valence-electron chi connectivity index (χ1n) is 5.33. The van der Waals surface area contributed by atoms with Gasteiger partial charge in [-0.2, -0.15) is 0 Å². The largest absolute Gasteiger partial charge is 0.623 e. The summed E-state index contributed by atoms with van der Waals surface area (Å²) in [6, 6.07) is 3.61. The van der Waals surface area contributed by atoms with E-state index in [1.54, 1.807) is 18.3 Å². The molecule has 0 spiro atoms. The van der Waals surface area contributed by atoms with E-state index >= 15 is 0 Å². The van der Waals surface area contributed by atoms with E-state index in [-0.39, 0.29) is 0 Å². The van der Waals surface area contributed by atoms with Crippen LogP contribution in [0, 0.1) is 19.1 Å². The van der Waals surface area contributed by atoms with Crippen LogP contribution in [0.15, 0.2) is 12.1 Å². The molecule has 0 amide bonds. The summed E-state index contributed by atoms with van der Waals surface area (Å²) in [5.74, 6) is 0.297. The fourth-order valence-corrected chi connectivity index (χ4v) is 1.39. The molecule has 0 aliphatic rings. The Bertz CT molecular complexity index is 405. The minimum atomic E-state index is -0.445. The number of hydroxylamine groups is 1. The van der Waals surface area contributed by atoms with Gasteiger partial charge < -0.3 is 10.3 Å². The zero-order valence-electron chi connectivity index (χ0n) is 10.5. The molecule has 0 heterocycles. The van der Waals surface area contributed by atoms with Gasteiger partial charge >= 0.3 is 0 Å². The predicted molar refractivity (Wildman–Crippen MR) is 66.1 cm³/mol. The fraction of sp³-hybridized carbons (Fsp3) is 0.462. The van der Waals surface area contributed by atoms with Crippen LogP contribution in [-0.4, -0.2) is 21.6 Å². The lowest BCUT2D eigenvalue weighted by Gasteiger charge is -2.18. The highest BCUT2D eigenvalue weighted by Crippen LogP contribution is 2.22. The SMILES string of the molecule is Cc1cc(/C=[N+](\[O-])C(C)(C)C)cc(C)c1O. The molecule has 3 heteroatoms. The standard InChI is InChI=1S/C13H19NO2/c1-9-6-11(7-10(2)12(9)15)8-14(16)13(3,4)5/h6-8,15H,1-5H3/b14-8-.